The van der Waals surface area contributed by atoms with Crippen molar-refractivity contribution in [1.82, 2.24) is 20.1 Å². The van der Waals surface area contributed by atoms with Gasteiger partial charge in [0.15, 0.2) is 0 Å². The number of rotatable bonds is 7. The van der Waals surface area contributed by atoms with Crippen molar-refractivity contribution in [3.05, 3.63) is 59.4 Å². The third kappa shape index (κ3) is 5.15. The van der Waals surface area contributed by atoms with E-state index in [2.05, 4.69) is 82.2 Å². The van der Waals surface area contributed by atoms with Crippen LogP contribution < -0.4 is 10.2 Å². The molecule has 6 nitrogen and oxygen atoms in total. The Balaban J connectivity index is 1.26. The highest BCUT2D eigenvalue weighted by Gasteiger charge is 2.27. The third-order valence-electron chi connectivity index (χ3n) is 6.10. The molecule has 3 heterocycles. The molecule has 1 atom stereocenters. The normalized spacial score (nSPS) is 15.8. The summed E-state index contributed by atoms with van der Waals surface area (Å²) in [7, 11) is 0. The summed E-state index contributed by atoms with van der Waals surface area (Å²) in [6.07, 6.45) is 3.66. The van der Waals surface area contributed by atoms with E-state index in [1.807, 2.05) is 6.07 Å². The van der Waals surface area contributed by atoms with Crippen LogP contribution in [0.2, 0.25) is 0 Å². The minimum atomic E-state index is 0.0803. The Morgan fingerprint density at radius 2 is 1.71 bits per heavy atom. The monoisotopic (exact) mass is 437 g/mol. The van der Waals surface area contributed by atoms with Crippen molar-refractivity contribution in [2.45, 2.75) is 52.5 Å². The highest BCUT2D eigenvalue weighted by molar-refractivity contribution is 7.17. The second-order valence-electron chi connectivity index (χ2n) is 8.51. The first kappa shape index (κ1) is 21.6. The highest BCUT2D eigenvalue weighted by atomic mass is 32.1. The van der Waals surface area contributed by atoms with Gasteiger partial charge < -0.3 is 10.2 Å². The Labute approximate surface area is 188 Å². The molecule has 0 saturated carbocycles. The van der Waals surface area contributed by atoms with Crippen molar-refractivity contribution < 1.29 is 4.79 Å². The molecule has 4 rings (SSSR count). The minimum absolute atomic E-state index is 0.0803. The molecular formula is C24H31N5OS. The van der Waals surface area contributed by atoms with Crippen LogP contribution in [0.3, 0.4) is 0 Å². The summed E-state index contributed by atoms with van der Waals surface area (Å²) in [5, 5.41) is 13.9. The van der Waals surface area contributed by atoms with Crippen molar-refractivity contribution in [1.29, 1.82) is 0 Å². The molecule has 164 valence electrons. The second-order valence-corrected chi connectivity index (χ2v) is 9.45. The molecule has 1 N–H and O–H groups in total. The van der Waals surface area contributed by atoms with E-state index in [1.54, 1.807) is 11.3 Å². The fourth-order valence-corrected chi connectivity index (χ4v) is 5.21. The van der Waals surface area contributed by atoms with Gasteiger partial charge in [0, 0.05) is 36.4 Å². The fraction of sp³-hybridized carbons (Fsp3) is 0.458. The zero-order valence-corrected chi connectivity index (χ0v) is 19.4. The molecule has 0 spiro atoms. The number of aryl methyl sites for hydroxylation is 3. The van der Waals surface area contributed by atoms with Crippen molar-refractivity contribution in [3.63, 3.8) is 0 Å². The van der Waals surface area contributed by atoms with Crippen LogP contribution in [0.15, 0.2) is 42.5 Å². The Hall–Kier alpha value is -2.67. The first-order valence-electron chi connectivity index (χ1n) is 11.1. The van der Waals surface area contributed by atoms with Crippen LogP contribution in [0.25, 0.3) is 5.13 Å². The van der Waals surface area contributed by atoms with Gasteiger partial charge in [-0.2, -0.15) is 0 Å². The SMILES string of the molecule is Cc1ccc(C)n1-c1nnc(N2CCC(C(=O)N[C@@H](C)CCc3ccccc3)CC2)s1. The van der Waals surface area contributed by atoms with Gasteiger partial charge in [-0.3, -0.25) is 9.36 Å². The summed E-state index contributed by atoms with van der Waals surface area (Å²) in [4.78, 5) is 15.0. The summed E-state index contributed by atoms with van der Waals surface area (Å²) in [5.41, 5.74) is 3.65. The lowest BCUT2D eigenvalue weighted by Crippen LogP contribution is -2.43. The topological polar surface area (TPSA) is 63.1 Å². The van der Waals surface area contributed by atoms with E-state index in [0.29, 0.717) is 0 Å². The number of anilines is 1. The maximum atomic E-state index is 12.7. The Bertz CT molecular complexity index is 985. The predicted octanol–water partition coefficient (Wildman–Crippen LogP) is 4.30. The lowest BCUT2D eigenvalue weighted by atomic mass is 9.95. The summed E-state index contributed by atoms with van der Waals surface area (Å²) in [5.74, 6) is 0.272. The molecule has 1 fully saturated rings. The van der Waals surface area contributed by atoms with Gasteiger partial charge in [-0.1, -0.05) is 41.7 Å². The van der Waals surface area contributed by atoms with E-state index in [1.165, 1.54) is 5.56 Å². The number of piperidine rings is 1. The minimum Gasteiger partial charge on any atom is -0.353 e. The van der Waals surface area contributed by atoms with Crippen molar-refractivity contribution >= 4 is 22.4 Å². The van der Waals surface area contributed by atoms with Gasteiger partial charge in [-0.05, 0) is 64.2 Å². The number of hydrogen-bond donors (Lipinski definition) is 1. The summed E-state index contributed by atoms with van der Waals surface area (Å²) in [6.45, 7) is 7.95. The van der Waals surface area contributed by atoms with Crippen LogP contribution in [0.4, 0.5) is 5.13 Å². The van der Waals surface area contributed by atoms with Gasteiger partial charge in [0.05, 0.1) is 0 Å². The number of benzene rings is 1. The zero-order chi connectivity index (χ0) is 21.8. The van der Waals surface area contributed by atoms with Gasteiger partial charge in [0.1, 0.15) is 0 Å². The van der Waals surface area contributed by atoms with E-state index in [9.17, 15) is 4.79 Å². The molecule has 0 aliphatic carbocycles. The maximum Gasteiger partial charge on any atom is 0.223 e. The first-order valence-corrected chi connectivity index (χ1v) is 11.9. The van der Waals surface area contributed by atoms with Crippen molar-refractivity contribution in [2.24, 2.45) is 5.92 Å². The van der Waals surface area contributed by atoms with Crippen molar-refractivity contribution in [3.8, 4) is 5.13 Å². The molecule has 31 heavy (non-hydrogen) atoms. The number of nitrogens with zero attached hydrogens (tertiary/aromatic N) is 4. The number of aromatic nitrogens is 3. The predicted molar refractivity (Wildman–Crippen MR) is 126 cm³/mol. The lowest BCUT2D eigenvalue weighted by molar-refractivity contribution is -0.126. The highest BCUT2D eigenvalue weighted by Crippen LogP contribution is 2.29. The average Bonchev–Trinajstić information content (AvgIpc) is 3.39. The molecule has 1 aromatic carbocycles. The van der Waals surface area contributed by atoms with Crippen LogP contribution in [0.5, 0.6) is 0 Å². The van der Waals surface area contributed by atoms with Crippen LogP contribution >= 0.6 is 11.3 Å². The van der Waals surface area contributed by atoms with Gasteiger partial charge in [-0.15, -0.1) is 10.2 Å². The van der Waals surface area contributed by atoms with Crippen LogP contribution in [0, 0.1) is 19.8 Å². The van der Waals surface area contributed by atoms with Crippen molar-refractivity contribution in [2.75, 3.05) is 18.0 Å². The smallest absolute Gasteiger partial charge is 0.223 e. The molecule has 0 unspecified atom stereocenters. The van der Waals surface area contributed by atoms with Gasteiger partial charge >= 0.3 is 0 Å². The van der Waals surface area contributed by atoms with E-state index < -0.39 is 0 Å². The largest absolute Gasteiger partial charge is 0.353 e. The molecule has 2 aromatic heterocycles. The third-order valence-corrected chi connectivity index (χ3v) is 7.07. The van der Waals surface area contributed by atoms with Crippen LogP contribution in [-0.4, -0.2) is 39.8 Å². The molecule has 0 radical (unpaired) electrons. The van der Waals surface area contributed by atoms with E-state index in [0.717, 1.165) is 60.4 Å². The molecular weight excluding hydrogens is 406 g/mol. The van der Waals surface area contributed by atoms with E-state index in [4.69, 9.17) is 0 Å². The van der Waals surface area contributed by atoms with Crippen LogP contribution in [-0.2, 0) is 11.2 Å². The number of carbonyl (C=O) groups is 1. The Morgan fingerprint density at radius 3 is 2.39 bits per heavy atom. The number of amides is 1. The summed E-state index contributed by atoms with van der Waals surface area (Å²) >= 11 is 1.62. The average molecular weight is 438 g/mol. The Morgan fingerprint density at radius 1 is 1.06 bits per heavy atom. The van der Waals surface area contributed by atoms with Gasteiger partial charge in [0.25, 0.3) is 0 Å². The zero-order valence-electron chi connectivity index (χ0n) is 18.5. The fourth-order valence-electron chi connectivity index (χ4n) is 4.19. The molecule has 1 aliphatic rings. The quantitative estimate of drug-likeness (QED) is 0.599. The van der Waals surface area contributed by atoms with E-state index >= 15 is 0 Å². The van der Waals surface area contributed by atoms with Crippen LogP contribution in [0.1, 0.15) is 43.1 Å². The van der Waals surface area contributed by atoms with Gasteiger partial charge in [0.2, 0.25) is 16.2 Å². The molecule has 1 amide bonds. The standard InChI is InChI=1S/C24H31N5OS/c1-17(9-12-20-7-5-4-6-8-20)25-22(30)21-13-15-28(16-14-21)23-26-27-24(31-23)29-18(2)10-11-19(29)3/h4-8,10-11,17,21H,9,12-16H2,1-3H3,(H,25,30)/t17-/m0/s1. The molecule has 1 saturated heterocycles. The Kier molecular flexibility index (Phi) is 6.70. The second kappa shape index (κ2) is 9.64. The molecule has 1 aliphatic heterocycles. The summed E-state index contributed by atoms with van der Waals surface area (Å²) in [6, 6.07) is 14.8. The molecule has 7 heteroatoms. The molecule has 0 bridgehead atoms. The molecule has 3 aromatic rings. The summed E-state index contributed by atoms with van der Waals surface area (Å²) < 4.78 is 2.14. The first-order chi connectivity index (χ1) is 15.0. The number of nitrogens with one attached hydrogen (secondary N) is 1. The van der Waals surface area contributed by atoms with Gasteiger partial charge in [-0.25, -0.2) is 0 Å². The maximum absolute atomic E-state index is 12.7. The number of hydrogen-bond acceptors (Lipinski definition) is 5. The van der Waals surface area contributed by atoms with E-state index in [-0.39, 0.29) is 17.9 Å². The lowest BCUT2D eigenvalue weighted by Gasteiger charge is -2.31. The number of carbonyl (C=O) groups excluding carboxylic acids is 1.